The van der Waals surface area contributed by atoms with Crippen LogP contribution in [0.25, 0.3) is 0 Å². The maximum absolute atomic E-state index is 5.67. The van der Waals surface area contributed by atoms with Crippen molar-refractivity contribution >= 4 is 24.0 Å². The van der Waals surface area contributed by atoms with Gasteiger partial charge in [0.25, 0.3) is 0 Å². The van der Waals surface area contributed by atoms with Crippen LogP contribution >= 0.6 is 19.4 Å². The summed E-state index contributed by atoms with van der Waals surface area (Å²) in [5, 5.41) is 5.97. The van der Waals surface area contributed by atoms with Gasteiger partial charge in [-0.2, -0.15) is 0 Å². The van der Waals surface area contributed by atoms with Gasteiger partial charge in [-0.05, 0) is 25.2 Å². The summed E-state index contributed by atoms with van der Waals surface area (Å²) in [5.74, 6) is 0. The van der Waals surface area contributed by atoms with Gasteiger partial charge in [0.05, 0.1) is 0 Å². The molecule has 2 N–H and O–H groups in total. The van der Waals surface area contributed by atoms with Gasteiger partial charge in [-0.15, -0.1) is 0 Å². The molecule has 0 radical (unpaired) electrons. The average Bonchev–Trinajstić information content (AvgIpc) is 3.10. The third-order valence-electron chi connectivity index (χ3n) is 2.18. The summed E-state index contributed by atoms with van der Waals surface area (Å²) in [5.41, 5.74) is 1.12. The Hall–Kier alpha value is -0.637. The maximum Gasteiger partial charge on any atom is 0.0267 e. The van der Waals surface area contributed by atoms with E-state index in [-0.39, 0.29) is 0 Å². The molecule has 0 saturated carbocycles. The normalized spacial score (nSPS) is 13.1. The Morgan fingerprint density at radius 2 is 1.52 bits per heavy atom. The van der Waals surface area contributed by atoms with Crippen molar-refractivity contribution in [2.24, 2.45) is 0 Å². The standard InChI is InChI=1S/C7H6.C5H5N.C3H7N2.2ClH.Ru/c1-7-5-3-2-4-6-7;1-2-4-6-5-3-1;1-2-5-3-4-1;;;/h1-6H;1-5H;3-5H,1-2H2;2*1H;/q;;-1;;;+2/p-2. The van der Waals surface area contributed by atoms with Crippen molar-refractivity contribution in [3.63, 3.8) is 0 Å². The van der Waals surface area contributed by atoms with Crippen molar-refractivity contribution < 1.29 is 13.5 Å². The molecule has 1 aliphatic heterocycles. The van der Waals surface area contributed by atoms with Gasteiger partial charge in [-0.25, -0.2) is 6.67 Å². The third-order valence-corrected chi connectivity index (χ3v) is 4.05. The van der Waals surface area contributed by atoms with Crippen molar-refractivity contribution in [3.8, 4) is 0 Å². The minimum Gasteiger partial charge on any atom is -0.265 e. The molecule has 116 valence electrons. The van der Waals surface area contributed by atoms with Gasteiger partial charge in [0, 0.05) is 12.4 Å². The number of pyridine rings is 1. The van der Waals surface area contributed by atoms with Crippen molar-refractivity contribution in [2.45, 2.75) is 0 Å². The first-order valence-corrected chi connectivity index (χ1v) is 11.8. The predicted octanol–water partition coefficient (Wildman–Crippen LogP) is 3.14. The van der Waals surface area contributed by atoms with Gasteiger partial charge in [-0.3, -0.25) is 4.98 Å². The van der Waals surface area contributed by atoms with Crippen molar-refractivity contribution in [1.29, 1.82) is 0 Å². The van der Waals surface area contributed by atoms with Crippen LogP contribution in [0.5, 0.6) is 0 Å². The summed E-state index contributed by atoms with van der Waals surface area (Å²) in [7, 11) is 11.3. The summed E-state index contributed by atoms with van der Waals surface area (Å²) in [6.45, 7) is 4.03. The second-order valence-electron chi connectivity index (χ2n) is 3.79. The molecule has 0 unspecified atom stereocenters. The molecule has 0 atom stereocenters. The number of aromatic nitrogens is 1. The van der Waals surface area contributed by atoms with Crippen LogP contribution < -0.4 is 10.6 Å². The molecule has 1 saturated heterocycles. The number of benzene rings is 1. The molecule has 1 fully saturated rings. The molecule has 21 heavy (non-hydrogen) atoms. The fourth-order valence-electron chi connectivity index (χ4n) is 1.28. The SMILES string of the molecule is [CH-]1NCCN1.[Cl][Ru]([Cl])=[CH]c1ccccc1.c1ccncc1. The van der Waals surface area contributed by atoms with E-state index in [2.05, 4.69) is 15.6 Å². The van der Waals surface area contributed by atoms with E-state index in [4.69, 9.17) is 19.4 Å². The molecule has 1 aromatic heterocycles. The molecule has 0 aliphatic carbocycles. The van der Waals surface area contributed by atoms with E-state index in [1.54, 1.807) is 12.4 Å². The minimum atomic E-state index is -1.61. The topological polar surface area (TPSA) is 37.0 Å². The van der Waals surface area contributed by atoms with Gasteiger partial charge in [0.2, 0.25) is 0 Å². The quantitative estimate of drug-likeness (QED) is 0.558. The van der Waals surface area contributed by atoms with E-state index in [1.165, 1.54) is 0 Å². The zero-order chi connectivity index (χ0) is 15.2. The Kier molecular flexibility index (Phi) is 11.4. The zero-order valence-corrected chi connectivity index (χ0v) is 14.6. The molecule has 2 aromatic rings. The largest absolute Gasteiger partial charge is 0.265 e. The summed E-state index contributed by atoms with van der Waals surface area (Å²) in [6, 6.07) is 15.6. The number of rotatable bonds is 1. The molecular weight excluding hydrogens is 394 g/mol. The van der Waals surface area contributed by atoms with Crippen molar-refractivity contribution in [2.75, 3.05) is 13.1 Å². The Labute approximate surface area is 139 Å². The first-order chi connectivity index (χ1) is 10.3. The van der Waals surface area contributed by atoms with E-state index in [1.807, 2.05) is 59.8 Å². The molecule has 0 bridgehead atoms. The Bertz CT molecular complexity index is 452. The molecule has 6 heteroatoms. The summed E-state index contributed by atoms with van der Waals surface area (Å²) in [4.78, 5) is 3.78. The fourth-order valence-corrected chi connectivity index (χ4v) is 3.11. The monoisotopic (exact) mass is 412 g/mol. The second-order valence-corrected chi connectivity index (χ2v) is 9.52. The fraction of sp³-hybridized carbons (Fsp3) is 0.133. The zero-order valence-electron chi connectivity index (χ0n) is 11.4. The van der Waals surface area contributed by atoms with Crippen molar-refractivity contribution in [3.05, 3.63) is 73.2 Å². The van der Waals surface area contributed by atoms with E-state index in [0.29, 0.717) is 0 Å². The molecule has 1 aliphatic rings. The van der Waals surface area contributed by atoms with Gasteiger partial charge in [-0.1, -0.05) is 6.07 Å². The van der Waals surface area contributed by atoms with E-state index < -0.39 is 13.5 Å². The first kappa shape index (κ1) is 18.4. The molecule has 3 rings (SSSR count). The van der Waals surface area contributed by atoms with Crippen LogP contribution in [0.15, 0.2) is 60.9 Å². The Balaban J connectivity index is 0.000000170. The van der Waals surface area contributed by atoms with Gasteiger partial charge in [0.1, 0.15) is 0 Å². The first-order valence-electron chi connectivity index (χ1n) is 6.30. The molecule has 2 heterocycles. The second kappa shape index (κ2) is 13.1. The Morgan fingerprint density at radius 1 is 0.952 bits per heavy atom. The maximum atomic E-state index is 5.67. The smallest absolute Gasteiger partial charge is 0.0267 e. The van der Waals surface area contributed by atoms with Crippen LogP contribution in [0.1, 0.15) is 5.56 Å². The van der Waals surface area contributed by atoms with Crippen LogP contribution in [0.3, 0.4) is 0 Å². The van der Waals surface area contributed by atoms with E-state index >= 15 is 0 Å². The third kappa shape index (κ3) is 11.7. The molecule has 0 amide bonds. The number of hydrogen-bond donors (Lipinski definition) is 2. The van der Waals surface area contributed by atoms with Gasteiger partial charge >= 0.3 is 73.4 Å². The molecule has 1 aromatic carbocycles. The summed E-state index contributed by atoms with van der Waals surface area (Å²) in [6.07, 6.45) is 3.50. The van der Waals surface area contributed by atoms with E-state index in [9.17, 15) is 0 Å². The van der Waals surface area contributed by atoms with Crippen LogP contribution in [-0.4, -0.2) is 22.7 Å². The Morgan fingerprint density at radius 3 is 1.86 bits per heavy atom. The van der Waals surface area contributed by atoms with Crippen LogP contribution in [0.4, 0.5) is 0 Å². The van der Waals surface area contributed by atoms with Gasteiger partial charge < -0.3 is 10.6 Å². The summed E-state index contributed by atoms with van der Waals surface area (Å²) >= 11 is -1.61. The van der Waals surface area contributed by atoms with Crippen LogP contribution in [-0.2, 0) is 13.5 Å². The number of nitrogens with zero attached hydrogens (tertiary/aromatic N) is 1. The number of nitrogens with one attached hydrogen (secondary N) is 2. The van der Waals surface area contributed by atoms with Crippen LogP contribution in [0, 0.1) is 6.67 Å². The number of halogens is 2. The minimum absolute atomic E-state index is 1.08. The average molecular weight is 412 g/mol. The molecular formula is C15H18Cl2N3Ru-. The molecule has 0 spiro atoms. The van der Waals surface area contributed by atoms with Gasteiger partial charge in [0.15, 0.2) is 0 Å². The van der Waals surface area contributed by atoms with E-state index in [0.717, 1.165) is 18.7 Å². The molecule has 3 nitrogen and oxygen atoms in total. The number of hydrogen-bond acceptors (Lipinski definition) is 3. The predicted molar refractivity (Wildman–Crippen MR) is 87.9 cm³/mol. The van der Waals surface area contributed by atoms with Crippen molar-refractivity contribution in [1.82, 2.24) is 15.6 Å². The van der Waals surface area contributed by atoms with Crippen LogP contribution in [0.2, 0.25) is 0 Å². The summed E-state index contributed by atoms with van der Waals surface area (Å²) < 4.78 is 1.92.